The maximum absolute atomic E-state index is 11.8. The molecule has 0 saturated heterocycles. The Balaban J connectivity index is 2.32. The van der Waals surface area contributed by atoms with Crippen molar-refractivity contribution in [3.05, 3.63) is 35.4 Å². The van der Waals surface area contributed by atoms with Crippen LogP contribution < -0.4 is 5.32 Å². The van der Waals surface area contributed by atoms with E-state index in [9.17, 15) is 9.59 Å². The highest BCUT2D eigenvalue weighted by Crippen LogP contribution is 2.05. The second kappa shape index (κ2) is 8.32. The van der Waals surface area contributed by atoms with Gasteiger partial charge in [0.05, 0.1) is 12.2 Å². The van der Waals surface area contributed by atoms with Crippen molar-refractivity contribution in [3.63, 3.8) is 0 Å². The first-order valence-corrected chi connectivity index (χ1v) is 6.70. The number of aromatic carboxylic acids is 1. The zero-order chi connectivity index (χ0) is 15.0. The standard InChI is InChI=1S/C15H21NO4/c1-11(2)6-8-20-9-7-16-14(17)12-4-3-5-13(10-12)15(18)19/h3-5,10-11H,6-9H2,1-2H3,(H,16,17)(H,18,19). The first-order chi connectivity index (χ1) is 9.50. The van der Waals surface area contributed by atoms with E-state index < -0.39 is 5.97 Å². The Labute approximate surface area is 118 Å². The molecule has 1 aromatic rings. The summed E-state index contributed by atoms with van der Waals surface area (Å²) in [6, 6.07) is 5.95. The third kappa shape index (κ3) is 5.84. The van der Waals surface area contributed by atoms with Crippen LogP contribution >= 0.6 is 0 Å². The summed E-state index contributed by atoms with van der Waals surface area (Å²) in [7, 11) is 0. The van der Waals surface area contributed by atoms with Crippen molar-refractivity contribution in [2.45, 2.75) is 20.3 Å². The maximum atomic E-state index is 11.8. The molecule has 5 heteroatoms. The number of carbonyl (C=O) groups is 2. The number of hydrogen-bond donors (Lipinski definition) is 2. The maximum Gasteiger partial charge on any atom is 0.335 e. The van der Waals surface area contributed by atoms with E-state index in [0.29, 0.717) is 31.2 Å². The molecule has 0 heterocycles. The van der Waals surface area contributed by atoms with Crippen LogP contribution in [0.25, 0.3) is 0 Å². The van der Waals surface area contributed by atoms with Gasteiger partial charge in [-0.2, -0.15) is 0 Å². The summed E-state index contributed by atoms with van der Waals surface area (Å²) >= 11 is 0. The molecule has 0 aliphatic rings. The van der Waals surface area contributed by atoms with E-state index in [1.165, 1.54) is 12.1 Å². The molecule has 0 bridgehead atoms. The third-order valence-corrected chi connectivity index (χ3v) is 2.74. The first kappa shape index (κ1) is 16.2. The predicted molar refractivity (Wildman–Crippen MR) is 76.0 cm³/mol. The van der Waals surface area contributed by atoms with Crippen LogP contribution in [0.1, 0.15) is 41.0 Å². The molecule has 1 amide bonds. The van der Waals surface area contributed by atoms with Gasteiger partial charge in [-0.1, -0.05) is 19.9 Å². The Hall–Kier alpha value is -1.88. The summed E-state index contributed by atoms with van der Waals surface area (Å²) in [5.74, 6) is -0.736. The lowest BCUT2D eigenvalue weighted by atomic mass is 10.1. The Morgan fingerprint density at radius 1 is 1.25 bits per heavy atom. The molecule has 0 spiro atoms. The van der Waals surface area contributed by atoms with E-state index in [2.05, 4.69) is 19.2 Å². The number of benzene rings is 1. The molecule has 110 valence electrons. The topological polar surface area (TPSA) is 75.6 Å². The van der Waals surface area contributed by atoms with Gasteiger partial charge in [-0.3, -0.25) is 4.79 Å². The monoisotopic (exact) mass is 279 g/mol. The minimum Gasteiger partial charge on any atom is -0.478 e. The van der Waals surface area contributed by atoms with E-state index in [4.69, 9.17) is 9.84 Å². The molecule has 0 aliphatic carbocycles. The van der Waals surface area contributed by atoms with E-state index in [1.54, 1.807) is 12.1 Å². The third-order valence-electron chi connectivity index (χ3n) is 2.74. The second-order valence-corrected chi connectivity index (χ2v) is 4.94. The molecule has 0 atom stereocenters. The van der Waals surface area contributed by atoms with Crippen LogP contribution in [-0.2, 0) is 4.74 Å². The van der Waals surface area contributed by atoms with Crippen molar-refractivity contribution in [2.75, 3.05) is 19.8 Å². The summed E-state index contributed by atoms with van der Waals surface area (Å²) < 4.78 is 5.38. The zero-order valence-electron chi connectivity index (χ0n) is 11.9. The van der Waals surface area contributed by atoms with Gasteiger partial charge >= 0.3 is 5.97 Å². The molecule has 5 nitrogen and oxygen atoms in total. The fraction of sp³-hybridized carbons (Fsp3) is 0.467. The van der Waals surface area contributed by atoms with Crippen molar-refractivity contribution in [2.24, 2.45) is 5.92 Å². The highest BCUT2D eigenvalue weighted by Gasteiger charge is 2.08. The molecule has 0 fully saturated rings. The zero-order valence-corrected chi connectivity index (χ0v) is 11.9. The average molecular weight is 279 g/mol. The van der Waals surface area contributed by atoms with Crippen LogP contribution in [0.15, 0.2) is 24.3 Å². The second-order valence-electron chi connectivity index (χ2n) is 4.94. The lowest BCUT2D eigenvalue weighted by Crippen LogP contribution is -2.27. The smallest absolute Gasteiger partial charge is 0.335 e. The highest BCUT2D eigenvalue weighted by molar-refractivity contribution is 5.97. The predicted octanol–water partition coefficient (Wildman–Crippen LogP) is 2.18. The first-order valence-electron chi connectivity index (χ1n) is 6.70. The van der Waals surface area contributed by atoms with Crippen LogP contribution in [-0.4, -0.2) is 36.7 Å². The van der Waals surface area contributed by atoms with E-state index in [0.717, 1.165) is 6.42 Å². The molecule has 0 aliphatic heterocycles. The molecule has 0 radical (unpaired) electrons. The van der Waals surface area contributed by atoms with Crippen LogP contribution in [0.4, 0.5) is 0 Å². The van der Waals surface area contributed by atoms with Crippen molar-refractivity contribution in [1.82, 2.24) is 5.32 Å². The fourth-order valence-corrected chi connectivity index (χ4v) is 1.55. The van der Waals surface area contributed by atoms with Crippen LogP contribution in [0, 0.1) is 5.92 Å². The fourth-order valence-electron chi connectivity index (χ4n) is 1.55. The molecule has 20 heavy (non-hydrogen) atoms. The molecule has 0 saturated carbocycles. The summed E-state index contributed by atoms with van der Waals surface area (Å²) in [4.78, 5) is 22.6. The summed E-state index contributed by atoms with van der Waals surface area (Å²) in [5.41, 5.74) is 0.443. The van der Waals surface area contributed by atoms with Crippen molar-refractivity contribution < 1.29 is 19.4 Å². The molecule has 2 N–H and O–H groups in total. The van der Waals surface area contributed by atoms with E-state index in [-0.39, 0.29) is 11.5 Å². The van der Waals surface area contributed by atoms with Gasteiger partial charge in [-0.25, -0.2) is 4.79 Å². The lowest BCUT2D eigenvalue weighted by Gasteiger charge is -2.08. The van der Waals surface area contributed by atoms with Gasteiger partial charge in [-0.15, -0.1) is 0 Å². The molecule has 1 rings (SSSR count). The SMILES string of the molecule is CC(C)CCOCCNC(=O)c1cccc(C(=O)O)c1. The van der Waals surface area contributed by atoms with Gasteiger partial charge < -0.3 is 15.2 Å². The van der Waals surface area contributed by atoms with E-state index in [1.807, 2.05) is 0 Å². The average Bonchev–Trinajstić information content (AvgIpc) is 2.42. The number of carbonyl (C=O) groups excluding carboxylic acids is 1. The normalized spacial score (nSPS) is 10.6. The summed E-state index contributed by atoms with van der Waals surface area (Å²) in [6.07, 6.45) is 0.995. The Kier molecular flexibility index (Phi) is 6.73. The van der Waals surface area contributed by atoms with Crippen molar-refractivity contribution >= 4 is 11.9 Å². The van der Waals surface area contributed by atoms with Gasteiger partial charge in [-0.05, 0) is 30.5 Å². The number of rotatable bonds is 8. The van der Waals surface area contributed by atoms with Gasteiger partial charge in [0.25, 0.3) is 5.91 Å². The number of ether oxygens (including phenoxy) is 1. The molecular formula is C15H21NO4. The minimum absolute atomic E-state index is 0.103. The Bertz CT molecular complexity index is 457. The lowest BCUT2D eigenvalue weighted by molar-refractivity contribution is 0.0697. The molecule has 0 unspecified atom stereocenters. The van der Waals surface area contributed by atoms with Crippen LogP contribution in [0.5, 0.6) is 0 Å². The largest absolute Gasteiger partial charge is 0.478 e. The van der Waals surface area contributed by atoms with Crippen LogP contribution in [0.3, 0.4) is 0 Å². The Morgan fingerprint density at radius 2 is 1.95 bits per heavy atom. The Morgan fingerprint density at radius 3 is 2.60 bits per heavy atom. The van der Waals surface area contributed by atoms with Crippen molar-refractivity contribution in [3.8, 4) is 0 Å². The number of carboxylic acid groups (broad SMARTS) is 1. The van der Waals surface area contributed by atoms with Gasteiger partial charge in [0.1, 0.15) is 0 Å². The van der Waals surface area contributed by atoms with Crippen molar-refractivity contribution in [1.29, 1.82) is 0 Å². The minimum atomic E-state index is -1.04. The number of carboxylic acids is 1. The quantitative estimate of drug-likeness (QED) is 0.715. The van der Waals surface area contributed by atoms with Gasteiger partial charge in [0, 0.05) is 18.7 Å². The highest BCUT2D eigenvalue weighted by atomic mass is 16.5. The number of hydrogen-bond acceptors (Lipinski definition) is 3. The molecule has 0 aromatic heterocycles. The van der Waals surface area contributed by atoms with Gasteiger partial charge in [0.2, 0.25) is 0 Å². The molecular weight excluding hydrogens is 258 g/mol. The number of amides is 1. The van der Waals surface area contributed by atoms with Crippen LogP contribution in [0.2, 0.25) is 0 Å². The number of nitrogens with one attached hydrogen (secondary N) is 1. The summed E-state index contributed by atoms with van der Waals surface area (Å²) in [6.45, 7) is 5.80. The van der Waals surface area contributed by atoms with E-state index >= 15 is 0 Å². The molecule has 1 aromatic carbocycles. The summed E-state index contributed by atoms with van der Waals surface area (Å²) in [5, 5.41) is 11.6. The van der Waals surface area contributed by atoms with Gasteiger partial charge in [0.15, 0.2) is 0 Å².